The minimum atomic E-state index is 0.00878. The lowest BCUT2D eigenvalue weighted by Gasteiger charge is -2.25. The number of ketones is 1. The number of benzene rings is 1. The average molecular weight is 353 g/mol. The zero-order chi connectivity index (χ0) is 13.9. The standard InChI is InChI=1S/C14H13BrN2O2S/c15-13-12(11(18)10-4-2-1-3-5-10)20-14(16-13)17-6-8-19-9-7-17/h1-5H,6-9H2. The molecule has 104 valence electrons. The van der Waals surface area contributed by atoms with Crippen LogP contribution < -0.4 is 4.90 Å². The molecule has 0 spiro atoms. The molecule has 1 aromatic carbocycles. The molecule has 0 atom stereocenters. The molecule has 1 saturated heterocycles. The van der Waals surface area contributed by atoms with Crippen LogP contribution in [0.2, 0.25) is 0 Å². The van der Waals surface area contributed by atoms with Crippen molar-refractivity contribution in [2.45, 2.75) is 0 Å². The van der Waals surface area contributed by atoms with E-state index in [4.69, 9.17) is 4.74 Å². The first-order valence-electron chi connectivity index (χ1n) is 6.34. The zero-order valence-corrected chi connectivity index (χ0v) is 13.1. The molecule has 1 aliphatic heterocycles. The second-order valence-corrected chi connectivity index (χ2v) is 6.14. The quantitative estimate of drug-likeness (QED) is 0.796. The number of anilines is 1. The number of aromatic nitrogens is 1. The summed E-state index contributed by atoms with van der Waals surface area (Å²) in [7, 11) is 0. The third-order valence-corrected chi connectivity index (χ3v) is 5.05. The first kappa shape index (κ1) is 13.7. The first-order chi connectivity index (χ1) is 9.75. The van der Waals surface area contributed by atoms with E-state index in [-0.39, 0.29) is 5.78 Å². The topological polar surface area (TPSA) is 42.4 Å². The van der Waals surface area contributed by atoms with E-state index in [9.17, 15) is 4.79 Å². The molecular formula is C14H13BrN2O2S. The van der Waals surface area contributed by atoms with Crippen LogP contribution in [0.15, 0.2) is 34.9 Å². The van der Waals surface area contributed by atoms with Crippen molar-refractivity contribution < 1.29 is 9.53 Å². The van der Waals surface area contributed by atoms with Gasteiger partial charge in [-0.05, 0) is 15.9 Å². The van der Waals surface area contributed by atoms with Gasteiger partial charge in [0.1, 0.15) is 9.48 Å². The number of halogens is 1. The highest BCUT2D eigenvalue weighted by atomic mass is 79.9. The molecule has 2 aromatic rings. The van der Waals surface area contributed by atoms with E-state index in [0.717, 1.165) is 18.2 Å². The summed E-state index contributed by atoms with van der Waals surface area (Å²) in [6.45, 7) is 3.05. The third kappa shape index (κ3) is 2.77. The minimum absolute atomic E-state index is 0.00878. The number of carbonyl (C=O) groups is 1. The van der Waals surface area contributed by atoms with Gasteiger partial charge in [0.05, 0.1) is 13.2 Å². The van der Waals surface area contributed by atoms with Crippen LogP contribution in [-0.2, 0) is 4.74 Å². The van der Waals surface area contributed by atoms with E-state index in [1.54, 1.807) is 0 Å². The summed E-state index contributed by atoms with van der Waals surface area (Å²) in [6.07, 6.45) is 0. The number of rotatable bonds is 3. The highest BCUT2D eigenvalue weighted by Crippen LogP contribution is 2.32. The Morgan fingerprint density at radius 2 is 1.95 bits per heavy atom. The predicted molar refractivity (Wildman–Crippen MR) is 82.7 cm³/mol. The van der Waals surface area contributed by atoms with Crippen molar-refractivity contribution in [3.8, 4) is 0 Å². The Morgan fingerprint density at radius 1 is 1.25 bits per heavy atom. The van der Waals surface area contributed by atoms with Gasteiger partial charge in [0.25, 0.3) is 0 Å². The second kappa shape index (κ2) is 6.03. The van der Waals surface area contributed by atoms with Gasteiger partial charge in [-0.3, -0.25) is 4.79 Å². The van der Waals surface area contributed by atoms with Crippen LogP contribution in [0.25, 0.3) is 0 Å². The molecule has 0 amide bonds. The molecular weight excluding hydrogens is 340 g/mol. The fourth-order valence-electron chi connectivity index (χ4n) is 2.04. The zero-order valence-electron chi connectivity index (χ0n) is 10.7. The van der Waals surface area contributed by atoms with Crippen LogP contribution in [0.1, 0.15) is 15.2 Å². The van der Waals surface area contributed by atoms with Crippen LogP contribution in [0.5, 0.6) is 0 Å². The van der Waals surface area contributed by atoms with Gasteiger partial charge in [-0.15, -0.1) is 0 Å². The highest BCUT2D eigenvalue weighted by Gasteiger charge is 2.21. The highest BCUT2D eigenvalue weighted by molar-refractivity contribution is 9.10. The normalized spacial score (nSPS) is 15.3. The predicted octanol–water partition coefficient (Wildman–Crippen LogP) is 2.97. The Morgan fingerprint density at radius 3 is 2.65 bits per heavy atom. The number of carbonyl (C=O) groups excluding carboxylic acids is 1. The molecule has 20 heavy (non-hydrogen) atoms. The van der Waals surface area contributed by atoms with E-state index in [2.05, 4.69) is 25.8 Å². The molecule has 1 aromatic heterocycles. The van der Waals surface area contributed by atoms with Gasteiger partial charge in [0.15, 0.2) is 5.13 Å². The van der Waals surface area contributed by atoms with E-state index in [0.29, 0.717) is 28.3 Å². The average Bonchev–Trinajstić information content (AvgIpc) is 2.90. The fourth-order valence-corrected chi connectivity index (χ4v) is 3.72. The van der Waals surface area contributed by atoms with Crippen molar-refractivity contribution in [1.82, 2.24) is 4.98 Å². The summed E-state index contributed by atoms with van der Waals surface area (Å²) in [4.78, 5) is 19.7. The summed E-state index contributed by atoms with van der Waals surface area (Å²) >= 11 is 4.83. The van der Waals surface area contributed by atoms with Gasteiger partial charge in [-0.25, -0.2) is 4.98 Å². The molecule has 2 heterocycles. The maximum atomic E-state index is 12.5. The Kier molecular flexibility index (Phi) is 4.14. The van der Waals surface area contributed by atoms with E-state index < -0.39 is 0 Å². The number of morpholine rings is 1. The number of nitrogens with zero attached hydrogens (tertiary/aromatic N) is 2. The fraction of sp³-hybridized carbons (Fsp3) is 0.286. The van der Waals surface area contributed by atoms with Crippen molar-refractivity contribution in [3.63, 3.8) is 0 Å². The van der Waals surface area contributed by atoms with Gasteiger partial charge in [0.2, 0.25) is 5.78 Å². The van der Waals surface area contributed by atoms with Gasteiger partial charge in [0, 0.05) is 18.7 Å². The van der Waals surface area contributed by atoms with E-state index >= 15 is 0 Å². The second-order valence-electron chi connectivity index (χ2n) is 4.41. The summed E-state index contributed by atoms with van der Waals surface area (Å²) in [5.41, 5.74) is 0.686. The maximum Gasteiger partial charge on any atom is 0.205 e. The van der Waals surface area contributed by atoms with Gasteiger partial charge in [-0.1, -0.05) is 41.7 Å². The SMILES string of the molecule is O=C(c1ccccc1)c1sc(N2CCOCC2)nc1Br. The Balaban J connectivity index is 1.87. The summed E-state index contributed by atoms with van der Waals surface area (Å²) in [5, 5.41) is 0.874. The molecule has 0 bridgehead atoms. The summed E-state index contributed by atoms with van der Waals surface area (Å²) in [5.74, 6) is 0.00878. The van der Waals surface area contributed by atoms with Crippen LogP contribution in [0.4, 0.5) is 5.13 Å². The molecule has 1 aliphatic rings. The van der Waals surface area contributed by atoms with Gasteiger partial charge in [-0.2, -0.15) is 0 Å². The van der Waals surface area contributed by atoms with Crippen LogP contribution in [0, 0.1) is 0 Å². The number of ether oxygens (including phenoxy) is 1. The molecule has 3 rings (SSSR count). The molecule has 0 saturated carbocycles. The van der Waals surface area contributed by atoms with Gasteiger partial charge < -0.3 is 9.64 Å². The van der Waals surface area contributed by atoms with E-state index in [1.165, 1.54) is 11.3 Å². The minimum Gasteiger partial charge on any atom is -0.378 e. The number of hydrogen-bond acceptors (Lipinski definition) is 5. The Hall–Kier alpha value is -1.24. The van der Waals surface area contributed by atoms with E-state index in [1.807, 2.05) is 30.3 Å². The molecule has 0 unspecified atom stereocenters. The first-order valence-corrected chi connectivity index (χ1v) is 7.95. The summed E-state index contributed by atoms with van der Waals surface area (Å²) in [6, 6.07) is 9.28. The largest absolute Gasteiger partial charge is 0.378 e. The third-order valence-electron chi connectivity index (χ3n) is 3.10. The summed E-state index contributed by atoms with van der Waals surface area (Å²) < 4.78 is 5.95. The lowest BCUT2D eigenvalue weighted by molar-refractivity contribution is 0.104. The smallest absolute Gasteiger partial charge is 0.205 e. The van der Waals surface area contributed by atoms with Crippen molar-refractivity contribution in [2.75, 3.05) is 31.2 Å². The van der Waals surface area contributed by atoms with Crippen molar-refractivity contribution >= 4 is 38.2 Å². The van der Waals surface area contributed by atoms with Crippen LogP contribution in [0.3, 0.4) is 0 Å². The van der Waals surface area contributed by atoms with Gasteiger partial charge >= 0.3 is 0 Å². The number of thiazole rings is 1. The van der Waals surface area contributed by atoms with Crippen molar-refractivity contribution in [2.24, 2.45) is 0 Å². The number of hydrogen-bond donors (Lipinski definition) is 0. The molecule has 0 N–H and O–H groups in total. The Labute approximate surface area is 129 Å². The van der Waals surface area contributed by atoms with Crippen molar-refractivity contribution in [1.29, 1.82) is 0 Å². The lowest BCUT2D eigenvalue weighted by atomic mass is 10.1. The van der Waals surface area contributed by atoms with Crippen molar-refractivity contribution in [3.05, 3.63) is 45.4 Å². The molecule has 4 nitrogen and oxygen atoms in total. The molecule has 1 fully saturated rings. The monoisotopic (exact) mass is 352 g/mol. The molecule has 6 heteroatoms. The van der Waals surface area contributed by atoms with Crippen LogP contribution >= 0.6 is 27.3 Å². The van der Waals surface area contributed by atoms with Crippen LogP contribution in [-0.4, -0.2) is 37.1 Å². The molecule has 0 aliphatic carbocycles. The Bertz CT molecular complexity index is 609. The molecule has 0 radical (unpaired) electrons. The lowest BCUT2D eigenvalue weighted by Crippen LogP contribution is -2.36. The maximum absolute atomic E-state index is 12.5.